The summed E-state index contributed by atoms with van der Waals surface area (Å²) in [6, 6.07) is 5.96. The van der Waals surface area contributed by atoms with Gasteiger partial charge in [-0.05, 0) is 38.6 Å². The maximum atomic E-state index is 9.77. The first kappa shape index (κ1) is 14.3. The monoisotopic (exact) mass is 256 g/mol. The summed E-state index contributed by atoms with van der Waals surface area (Å²) in [4.78, 5) is 2.00. The van der Waals surface area contributed by atoms with Crippen LogP contribution in [0.2, 0.25) is 5.02 Å². The van der Waals surface area contributed by atoms with Gasteiger partial charge in [0, 0.05) is 30.8 Å². The van der Waals surface area contributed by atoms with Crippen molar-refractivity contribution in [3.8, 4) is 0 Å². The second-order valence-corrected chi connectivity index (χ2v) is 5.38. The lowest BCUT2D eigenvalue weighted by Crippen LogP contribution is -2.36. The summed E-state index contributed by atoms with van der Waals surface area (Å²) in [5.74, 6) is 0. The number of anilines is 1. The Labute approximate surface area is 108 Å². The van der Waals surface area contributed by atoms with E-state index in [9.17, 15) is 5.11 Å². The third-order valence-corrected chi connectivity index (χ3v) is 2.82. The molecule has 0 heterocycles. The molecule has 0 aliphatic carbocycles. The summed E-state index contributed by atoms with van der Waals surface area (Å²) in [5.41, 5.74) is 1.37. The first-order chi connectivity index (χ1) is 7.83. The van der Waals surface area contributed by atoms with Crippen LogP contribution in [0.1, 0.15) is 19.4 Å². The number of benzene rings is 1. The van der Waals surface area contributed by atoms with E-state index in [1.807, 2.05) is 37.2 Å². The molecule has 3 nitrogen and oxygen atoms in total. The molecule has 1 rings (SSSR count). The molecule has 0 spiro atoms. The number of nitrogens with one attached hydrogen (secondary N) is 1. The molecule has 0 unspecified atom stereocenters. The van der Waals surface area contributed by atoms with Crippen molar-refractivity contribution in [3.63, 3.8) is 0 Å². The van der Waals surface area contributed by atoms with E-state index in [1.165, 1.54) is 0 Å². The third-order valence-electron chi connectivity index (χ3n) is 2.47. The van der Waals surface area contributed by atoms with Crippen LogP contribution in [0.4, 0.5) is 5.69 Å². The zero-order chi connectivity index (χ0) is 13.1. The molecular formula is C13H21ClN2O. The van der Waals surface area contributed by atoms with Crippen LogP contribution in [0, 0.1) is 0 Å². The standard InChI is InChI=1S/C13H21ClN2O/c1-13(2,17)9-16(4)11-6-5-10(8-15-3)12(14)7-11/h5-7,15,17H,8-9H2,1-4H3. The van der Waals surface area contributed by atoms with Gasteiger partial charge in [-0.1, -0.05) is 17.7 Å². The lowest BCUT2D eigenvalue weighted by Gasteiger charge is -2.27. The van der Waals surface area contributed by atoms with E-state index >= 15 is 0 Å². The highest BCUT2D eigenvalue weighted by Crippen LogP contribution is 2.24. The van der Waals surface area contributed by atoms with E-state index in [0.717, 1.165) is 22.8 Å². The molecule has 0 aliphatic rings. The van der Waals surface area contributed by atoms with E-state index < -0.39 is 5.60 Å². The van der Waals surface area contributed by atoms with Gasteiger partial charge in [0.15, 0.2) is 0 Å². The Morgan fingerprint density at radius 2 is 2.06 bits per heavy atom. The Morgan fingerprint density at radius 3 is 2.53 bits per heavy atom. The molecule has 4 heteroatoms. The zero-order valence-corrected chi connectivity index (χ0v) is 11.7. The van der Waals surface area contributed by atoms with Crippen LogP contribution >= 0.6 is 11.6 Å². The summed E-state index contributed by atoms with van der Waals surface area (Å²) >= 11 is 6.19. The summed E-state index contributed by atoms with van der Waals surface area (Å²) in [6.45, 7) is 4.91. The summed E-state index contributed by atoms with van der Waals surface area (Å²) in [7, 11) is 3.84. The van der Waals surface area contributed by atoms with Crippen LogP contribution in [-0.2, 0) is 6.54 Å². The van der Waals surface area contributed by atoms with Crippen LogP contribution < -0.4 is 10.2 Å². The highest BCUT2D eigenvalue weighted by molar-refractivity contribution is 6.31. The maximum absolute atomic E-state index is 9.77. The summed E-state index contributed by atoms with van der Waals surface area (Å²) in [5, 5.41) is 13.6. The number of hydrogen-bond donors (Lipinski definition) is 2. The molecule has 0 fully saturated rings. The molecule has 0 saturated carbocycles. The predicted molar refractivity (Wildman–Crippen MR) is 73.8 cm³/mol. The topological polar surface area (TPSA) is 35.5 Å². The highest BCUT2D eigenvalue weighted by Gasteiger charge is 2.16. The number of nitrogens with zero attached hydrogens (tertiary/aromatic N) is 1. The van der Waals surface area contributed by atoms with Crippen LogP contribution in [-0.4, -0.2) is 31.3 Å². The molecule has 96 valence electrons. The Morgan fingerprint density at radius 1 is 1.41 bits per heavy atom. The van der Waals surface area contributed by atoms with Gasteiger partial charge in [0.25, 0.3) is 0 Å². The van der Waals surface area contributed by atoms with Crippen molar-refractivity contribution in [3.05, 3.63) is 28.8 Å². The van der Waals surface area contributed by atoms with Crippen molar-refractivity contribution in [2.75, 3.05) is 25.5 Å². The van der Waals surface area contributed by atoms with E-state index in [1.54, 1.807) is 13.8 Å². The quantitative estimate of drug-likeness (QED) is 0.849. The number of hydrogen-bond acceptors (Lipinski definition) is 3. The lowest BCUT2D eigenvalue weighted by atomic mass is 10.1. The van der Waals surface area contributed by atoms with Gasteiger partial charge in [0.05, 0.1) is 5.60 Å². The van der Waals surface area contributed by atoms with E-state index in [2.05, 4.69) is 5.32 Å². The molecule has 2 N–H and O–H groups in total. The van der Waals surface area contributed by atoms with Gasteiger partial charge in [-0.15, -0.1) is 0 Å². The minimum atomic E-state index is -0.717. The molecule has 0 saturated heterocycles. The summed E-state index contributed by atoms with van der Waals surface area (Å²) in [6.07, 6.45) is 0. The molecule has 1 aromatic rings. The van der Waals surface area contributed by atoms with Gasteiger partial charge in [0.2, 0.25) is 0 Å². The predicted octanol–water partition coefficient (Wildman–Crippen LogP) is 2.27. The minimum absolute atomic E-state index is 0.564. The van der Waals surface area contributed by atoms with Gasteiger partial charge >= 0.3 is 0 Å². The van der Waals surface area contributed by atoms with Crippen molar-refractivity contribution in [2.45, 2.75) is 26.0 Å². The van der Waals surface area contributed by atoms with Crippen LogP contribution in [0.15, 0.2) is 18.2 Å². The fourth-order valence-corrected chi connectivity index (χ4v) is 2.02. The average Bonchev–Trinajstić information content (AvgIpc) is 2.18. The first-order valence-corrected chi connectivity index (χ1v) is 6.08. The van der Waals surface area contributed by atoms with Gasteiger partial charge in [-0.25, -0.2) is 0 Å². The van der Waals surface area contributed by atoms with E-state index in [-0.39, 0.29) is 0 Å². The molecule has 0 aromatic heterocycles. The fraction of sp³-hybridized carbons (Fsp3) is 0.538. The van der Waals surface area contributed by atoms with E-state index in [4.69, 9.17) is 11.6 Å². The molecule has 17 heavy (non-hydrogen) atoms. The maximum Gasteiger partial charge on any atom is 0.0765 e. The normalized spacial score (nSPS) is 11.6. The van der Waals surface area contributed by atoms with Gasteiger partial charge in [0.1, 0.15) is 0 Å². The van der Waals surface area contributed by atoms with Crippen LogP contribution in [0.5, 0.6) is 0 Å². The van der Waals surface area contributed by atoms with Crippen LogP contribution in [0.25, 0.3) is 0 Å². The van der Waals surface area contributed by atoms with Crippen molar-refractivity contribution in [2.24, 2.45) is 0 Å². The molecule has 1 aromatic carbocycles. The van der Waals surface area contributed by atoms with Gasteiger partial charge < -0.3 is 15.3 Å². The molecule has 0 bridgehead atoms. The summed E-state index contributed by atoms with van der Waals surface area (Å²) < 4.78 is 0. The first-order valence-electron chi connectivity index (χ1n) is 5.70. The Balaban J connectivity index is 2.82. The molecular weight excluding hydrogens is 236 g/mol. The molecule has 0 radical (unpaired) electrons. The smallest absolute Gasteiger partial charge is 0.0765 e. The molecule has 0 amide bonds. The molecule has 0 atom stereocenters. The fourth-order valence-electron chi connectivity index (χ4n) is 1.78. The number of aliphatic hydroxyl groups is 1. The number of halogens is 1. The van der Waals surface area contributed by atoms with Crippen molar-refractivity contribution in [1.82, 2.24) is 5.32 Å². The molecule has 0 aliphatic heterocycles. The second-order valence-electron chi connectivity index (χ2n) is 4.97. The van der Waals surface area contributed by atoms with Gasteiger partial charge in [-0.3, -0.25) is 0 Å². The zero-order valence-electron chi connectivity index (χ0n) is 10.9. The van der Waals surface area contributed by atoms with Crippen molar-refractivity contribution < 1.29 is 5.11 Å². The highest BCUT2D eigenvalue weighted by atomic mass is 35.5. The third kappa shape index (κ3) is 4.54. The van der Waals surface area contributed by atoms with Crippen molar-refractivity contribution in [1.29, 1.82) is 0 Å². The lowest BCUT2D eigenvalue weighted by molar-refractivity contribution is 0.0886. The number of rotatable bonds is 5. The second kappa shape index (κ2) is 5.71. The largest absolute Gasteiger partial charge is 0.389 e. The number of likely N-dealkylation sites (N-methyl/N-ethyl adjacent to an activating group) is 1. The minimum Gasteiger partial charge on any atom is -0.389 e. The average molecular weight is 257 g/mol. The van der Waals surface area contributed by atoms with Gasteiger partial charge in [-0.2, -0.15) is 0 Å². The Kier molecular flexibility index (Phi) is 4.80. The Bertz CT molecular complexity index is 374. The Hall–Kier alpha value is -0.770. The van der Waals surface area contributed by atoms with Crippen molar-refractivity contribution >= 4 is 17.3 Å². The van der Waals surface area contributed by atoms with E-state index in [0.29, 0.717) is 6.54 Å². The van der Waals surface area contributed by atoms with Crippen LogP contribution in [0.3, 0.4) is 0 Å². The SMILES string of the molecule is CNCc1ccc(N(C)CC(C)(C)O)cc1Cl.